The van der Waals surface area contributed by atoms with Gasteiger partial charge in [-0.15, -0.1) is 0 Å². The lowest BCUT2D eigenvalue weighted by Crippen LogP contribution is -2.74. The zero-order valence-corrected chi connectivity index (χ0v) is 26.2. The van der Waals surface area contributed by atoms with Crippen molar-refractivity contribution in [3.05, 3.63) is 35.1 Å². The van der Waals surface area contributed by atoms with Gasteiger partial charge in [-0.3, -0.25) is 9.59 Å². The lowest BCUT2D eigenvalue weighted by molar-refractivity contribution is -0.218. The van der Waals surface area contributed by atoms with E-state index in [9.17, 15) is 44.4 Å². The molecule has 1 saturated heterocycles. The lowest BCUT2D eigenvalue weighted by Gasteiger charge is -2.61. The van der Waals surface area contributed by atoms with Crippen LogP contribution in [-0.2, 0) is 54.8 Å². The molecule has 262 valence electrons. The maximum atomic E-state index is 13.3. The van der Waals surface area contributed by atoms with Crippen molar-refractivity contribution in [3.63, 3.8) is 0 Å². The van der Waals surface area contributed by atoms with Gasteiger partial charge in [0.15, 0.2) is 36.1 Å². The minimum atomic E-state index is -2.23. The van der Waals surface area contributed by atoms with Crippen LogP contribution in [0.25, 0.3) is 0 Å². The summed E-state index contributed by atoms with van der Waals surface area (Å²) in [7, 11) is 1.91. The number of piperidine rings is 1. The van der Waals surface area contributed by atoms with Gasteiger partial charge in [0.25, 0.3) is 0 Å². The standard InChI is InChI=1S/C31H37NO16/c1-13(33)27(40)47-19(29(42)44-14(2)28(41)46-18(26(38)39)11-21(35)36)12-22(37)45-17-6-7-31(43)20-10-15-4-5-16(34)24-23(15)30(31,25(17)48-24)8-9-32(20)3/h4-6,13-14,18-20,25,29,33-34,42-43H,7-12H2,1-3H3,(H,35,36)(H,38,39)/t13-,14-,18-,19-,20+,25-,29?,30?,31+/m0/s1. The van der Waals surface area contributed by atoms with Gasteiger partial charge in [-0.1, -0.05) is 6.07 Å². The number of aromatic hydroxyl groups is 1. The minimum Gasteiger partial charge on any atom is -0.504 e. The van der Waals surface area contributed by atoms with Crippen LogP contribution in [0.1, 0.15) is 50.7 Å². The fourth-order valence-electron chi connectivity index (χ4n) is 7.15. The Morgan fingerprint density at radius 1 is 1.06 bits per heavy atom. The largest absolute Gasteiger partial charge is 0.504 e. The number of likely N-dealkylation sites (tertiary alicyclic amines) is 1. The van der Waals surface area contributed by atoms with E-state index in [1.807, 2.05) is 7.05 Å². The molecular formula is C31H37NO16. The first kappa shape index (κ1) is 35.0. The van der Waals surface area contributed by atoms with Gasteiger partial charge in [0.05, 0.1) is 23.9 Å². The van der Waals surface area contributed by atoms with Crippen molar-refractivity contribution in [1.82, 2.24) is 4.90 Å². The number of hydrogen-bond donors (Lipinski definition) is 6. The van der Waals surface area contributed by atoms with Crippen LogP contribution in [-0.4, -0.2) is 127 Å². The summed E-state index contributed by atoms with van der Waals surface area (Å²) in [4.78, 5) is 62.2. The Hall–Kier alpha value is -4.29. The van der Waals surface area contributed by atoms with Gasteiger partial charge in [-0.25, -0.2) is 14.4 Å². The zero-order chi connectivity index (χ0) is 35.3. The van der Waals surface area contributed by atoms with Gasteiger partial charge in [-0.2, -0.15) is 0 Å². The van der Waals surface area contributed by atoms with E-state index in [2.05, 4.69) is 9.64 Å². The predicted molar refractivity (Wildman–Crippen MR) is 155 cm³/mol. The van der Waals surface area contributed by atoms with E-state index in [0.29, 0.717) is 24.9 Å². The SMILES string of the molecule is C[C@H](O)C(=O)O[C@@H](CC(=O)OC1=CC[C@@]2(O)[C@H]3Cc4ccc(O)c5c4C2(CCN3C)[C@H]1O5)C(O)O[C@@H](C)C(=O)O[C@@H](CC(=O)O)C(=O)O. The van der Waals surface area contributed by atoms with Crippen molar-refractivity contribution < 1.29 is 78.3 Å². The molecule has 1 aromatic carbocycles. The third-order valence-electron chi connectivity index (χ3n) is 9.45. The number of benzene rings is 1. The Morgan fingerprint density at radius 3 is 2.42 bits per heavy atom. The molecule has 17 heteroatoms. The average molecular weight is 680 g/mol. The first-order valence-corrected chi connectivity index (χ1v) is 15.2. The van der Waals surface area contributed by atoms with Crippen molar-refractivity contribution >= 4 is 29.8 Å². The highest BCUT2D eigenvalue weighted by Crippen LogP contribution is 2.65. The number of rotatable bonds is 13. The van der Waals surface area contributed by atoms with E-state index in [1.165, 1.54) is 12.1 Å². The molecule has 9 atom stereocenters. The minimum absolute atomic E-state index is 0.0162. The Morgan fingerprint density at radius 2 is 1.77 bits per heavy atom. The predicted octanol–water partition coefficient (Wildman–Crippen LogP) is -0.910. The van der Waals surface area contributed by atoms with Crippen molar-refractivity contribution in [2.75, 3.05) is 13.6 Å². The quantitative estimate of drug-likeness (QED) is 0.0838. The highest BCUT2D eigenvalue weighted by atomic mass is 16.7. The van der Waals surface area contributed by atoms with Crippen LogP contribution in [0.4, 0.5) is 0 Å². The number of carboxylic acids is 2. The van der Waals surface area contributed by atoms with E-state index < -0.39 is 90.5 Å². The van der Waals surface area contributed by atoms with E-state index in [-0.39, 0.29) is 29.7 Å². The van der Waals surface area contributed by atoms with Crippen molar-refractivity contribution in [2.45, 2.75) is 99.8 Å². The number of phenols is 1. The Bertz CT molecular complexity index is 1540. The maximum absolute atomic E-state index is 13.3. The van der Waals surface area contributed by atoms with Crippen molar-refractivity contribution in [2.24, 2.45) is 0 Å². The summed E-state index contributed by atoms with van der Waals surface area (Å²) in [5.41, 5.74) is -0.861. The summed E-state index contributed by atoms with van der Waals surface area (Å²) < 4.78 is 26.8. The molecule has 2 bridgehead atoms. The topological polar surface area (TPSA) is 256 Å². The molecule has 2 aliphatic heterocycles. The third-order valence-corrected chi connectivity index (χ3v) is 9.45. The van der Waals surface area contributed by atoms with Crippen LogP contribution in [0.2, 0.25) is 0 Å². The van der Waals surface area contributed by atoms with Gasteiger partial charge >= 0.3 is 29.8 Å². The van der Waals surface area contributed by atoms with Crippen molar-refractivity contribution in [3.8, 4) is 11.5 Å². The average Bonchev–Trinajstić information content (AvgIpc) is 3.36. The Labute approximate surface area is 273 Å². The second-order valence-electron chi connectivity index (χ2n) is 12.5. The number of aliphatic carboxylic acids is 2. The molecule has 2 aliphatic carbocycles. The summed E-state index contributed by atoms with van der Waals surface area (Å²) in [6, 6.07) is 2.99. The van der Waals surface area contributed by atoms with Crippen LogP contribution >= 0.6 is 0 Å². The highest BCUT2D eigenvalue weighted by molar-refractivity contribution is 5.84. The maximum Gasteiger partial charge on any atom is 0.345 e. The van der Waals surface area contributed by atoms with Crippen LogP contribution in [0.15, 0.2) is 24.0 Å². The number of carbonyl (C=O) groups excluding carboxylic acids is 3. The number of aliphatic hydroxyl groups is 3. The summed E-state index contributed by atoms with van der Waals surface area (Å²) in [6.45, 7) is 2.67. The molecule has 17 nitrogen and oxygen atoms in total. The normalized spacial score (nSPS) is 28.3. The number of esters is 3. The van der Waals surface area contributed by atoms with Crippen LogP contribution in [0, 0.1) is 0 Å². The molecule has 0 aromatic heterocycles. The summed E-state index contributed by atoms with van der Waals surface area (Å²) >= 11 is 0. The molecule has 1 fully saturated rings. The fourth-order valence-corrected chi connectivity index (χ4v) is 7.15. The van der Waals surface area contributed by atoms with Crippen LogP contribution < -0.4 is 4.74 Å². The summed E-state index contributed by atoms with van der Waals surface area (Å²) in [6.07, 6.45) is -10.1. The molecule has 6 N–H and O–H groups in total. The van der Waals surface area contributed by atoms with Gasteiger partial charge in [0.1, 0.15) is 11.9 Å². The molecule has 5 rings (SSSR count). The number of phenolic OH excluding ortho intramolecular Hbond substituents is 1. The van der Waals surface area contributed by atoms with E-state index in [0.717, 1.165) is 19.4 Å². The summed E-state index contributed by atoms with van der Waals surface area (Å²) in [5, 5.41) is 61.3. The first-order chi connectivity index (χ1) is 22.5. The van der Waals surface area contributed by atoms with Gasteiger partial charge < -0.3 is 59.2 Å². The molecule has 4 aliphatic rings. The number of aliphatic hydroxyl groups excluding tert-OH is 2. The molecule has 2 heterocycles. The van der Waals surface area contributed by atoms with E-state index >= 15 is 0 Å². The second kappa shape index (κ2) is 13.0. The van der Waals surface area contributed by atoms with Crippen LogP contribution in [0.3, 0.4) is 0 Å². The highest BCUT2D eigenvalue weighted by Gasteiger charge is 2.72. The molecule has 48 heavy (non-hydrogen) atoms. The Kier molecular flexibility index (Phi) is 9.46. The van der Waals surface area contributed by atoms with Gasteiger partial charge in [0, 0.05) is 18.0 Å². The molecule has 0 amide bonds. The summed E-state index contributed by atoms with van der Waals surface area (Å²) in [5.74, 6) is -6.96. The molecular weight excluding hydrogens is 642 g/mol. The molecule has 2 unspecified atom stereocenters. The molecule has 0 radical (unpaired) electrons. The zero-order valence-electron chi connectivity index (χ0n) is 26.2. The Balaban J connectivity index is 1.34. The van der Waals surface area contributed by atoms with Gasteiger partial charge in [-0.05, 0) is 58.0 Å². The van der Waals surface area contributed by atoms with Crippen molar-refractivity contribution in [1.29, 1.82) is 0 Å². The lowest BCUT2D eigenvalue weighted by atomic mass is 9.50. The monoisotopic (exact) mass is 679 g/mol. The van der Waals surface area contributed by atoms with E-state index in [1.54, 1.807) is 6.07 Å². The molecule has 1 spiro atoms. The van der Waals surface area contributed by atoms with E-state index in [4.69, 9.17) is 29.2 Å². The number of nitrogens with zero attached hydrogens (tertiary/aromatic N) is 1. The number of likely N-dealkylation sites (N-methyl/N-ethyl adjacent to an activating group) is 1. The van der Waals surface area contributed by atoms with Gasteiger partial charge in [0.2, 0.25) is 6.10 Å². The fraction of sp³-hybridized carbons (Fsp3) is 0.581. The molecule has 1 aromatic rings. The third kappa shape index (κ3) is 5.96. The first-order valence-electron chi connectivity index (χ1n) is 15.2. The van der Waals surface area contributed by atoms with Crippen LogP contribution in [0.5, 0.6) is 11.5 Å². The number of carbonyl (C=O) groups is 5. The molecule has 0 saturated carbocycles. The number of ether oxygens (including phenoxy) is 5. The second-order valence-corrected chi connectivity index (χ2v) is 12.5. The smallest absolute Gasteiger partial charge is 0.345 e. The number of hydrogen-bond acceptors (Lipinski definition) is 15. The number of carboxylic acid groups (broad SMARTS) is 2.